The summed E-state index contributed by atoms with van der Waals surface area (Å²) in [5, 5.41) is 26.0. The molecule has 9 nitrogen and oxygen atoms in total. The van der Waals surface area contributed by atoms with Crippen molar-refractivity contribution in [3.8, 4) is 17.3 Å². The van der Waals surface area contributed by atoms with Gasteiger partial charge in [-0.05, 0) is 48.9 Å². The largest absolute Gasteiger partial charge is 0.395 e. The third kappa shape index (κ3) is 4.27. The highest BCUT2D eigenvalue weighted by Crippen LogP contribution is 2.41. The smallest absolute Gasteiger partial charge is 0.234 e. The molecule has 2 aromatic carbocycles. The van der Waals surface area contributed by atoms with Gasteiger partial charge in [0.05, 0.1) is 35.0 Å². The Bertz CT molecular complexity index is 1390. The van der Waals surface area contributed by atoms with Gasteiger partial charge in [0, 0.05) is 36.5 Å². The first-order valence-electron chi connectivity index (χ1n) is 10.8. The van der Waals surface area contributed by atoms with Crippen LogP contribution in [0.15, 0.2) is 48.7 Å². The lowest BCUT2D eigenvalue weighted by molar-refractivity contribution is 0.219. The fourth-order valence-corrected chi connectivity index (χ4v) is 4.73. The first-order chi connectivity index (χ1) is 16.2. The molecule has 34 heavy (non-hydrogen) atoms. The molecular weight excluding hydrogens is 452 g/mol. The molecule has 3 N–H and O–H groups in total. The normalized spacial score (nSPS) is 16.9. The fraction of sp³-hybridized carbons (Fsp3) is 0.292. The van der Waals surface area contributed by atoms with Gasteiger partial charge >= 0.3 is 0 Å². The summed E-state index contributed by atoms with van der Waals surface area (Å²) in [6, 6.07) is 14.7. The van der Waals surface area contributed by atoms with E-state index in [0.717, 1.165) is 16.8 Å². The predicted octanol–water partition coefficient (Wildman–Crippen LogP) is 3.22. The second-order valence-electron chi connectivity index (χ2n) is 8.44. The van der Waals surface area contributed by atoms with Gasteiger partial charge in [-0.25, -0.2) is 18.4 Å². The Hall–Kier alpha value is -3.68. The van der Waals surface area contributed by atoms with Crippen LogP contribution in [0.2, 0.25) is 0 Å². The average molecular weight is 479 g/mol. The second kappa shape index (κ2) is 8.93. The molecule has 1 aliphatic rings. The second-order valence-corrected chi connectivity index (χ2v) is 10.7. The summed E-state index contributed by atoms with van der Waals surface area (Å²) in [7, 11) is -1.86. The van der Waals surface area contributed by atoms with Crippen molar-refractivity contribution in [1.82, 2.24) is 9.97 Å². The van der Waals surface area contributed by atoms with Gasteiger partial charge in [-0.3, -0.25) is 4.31 Å². The number of sulfonamides is 1. The van der Waals surface area contributed by atoms with Crippen LogP contribution in [-0.4, -0.2) is 49.4 Å². The molecule has 1 unspecified atom stereocenters. The van der Waals surface area contributed by atoms with Crippen molar-refractivity contribution >= 4 is 33.0 Å². The van der Waals surface area contributed by atoms with Crippen molar-refractivity contribution in [3.63, 3.8) is 0 Å². The number of nitrogens with zero attached hydrogens (tertiary/aromatic N) is 4. The van der Waals surface area contributed by atoms with Crippen LogP contribution in [0.25, 0.3) is 11.3 Å². The van der Waals surface area contributed by atoms with E-state index in [-0.39, 0.29) is 12.4 Å². The van der Waals surface area contributed by atoms with E-state index in [1.165, 1.54) is 11.4 Å². The number of hydrogen-bond acceptors (Lipinski definition) is 8. The average Bonchev–Trinajstić information content (AvgIpc) is 3.20. The third-order valence-corrected chi connectivity index (χ3v) is 7.89. The Balaban J connectivity index is 1.67. The zero-order chi connectivity index (χ0) is 24.5. The maximum Gasteiger partial charge on any atom is 0.234 e. The lowest BCUT2D eigenvalue weighted by Crippen LogP contribution is -2.28. The maximum absolute atomic E-state index is 12.2. The predicted molar refractivity (Wildman–Crippen MR) is 133 cm³/mol. The molecule has 0 saturated carbocycles. The van der Waals surface area contributed by atoms with E-state index in [9.17, 15) is 18.8 Å². The minimum atomic E-state index is -3.38. The first-order valence-corrected chi connectivity index (χ1v) is 12.4. The molecule has 0 fully saturated rings. The first kappa shape index (κ1) is 23.5. The Labute approximate surface area is 199 Å². The zero-order valence-electron chi connectivity index (χ0n) is 19.2. The van der Waals surface area contributed by atoms with Crippen LogP contribution in [0, 0.1) is 11.3 Å². The van der Waals surface area contributed by atoms with Crippen LogP contribution in [-0.2, 0) is 15.4 Å². The molecular formula is C24H26N6O3S. The van der Waals surface area contributed by atoms with Gasteiger partial charge in [0.2, 0.25) is 16.0 Å². The van der Waals surface area contributed by atoms with Gasteiger partial charge in [0.1, 0.15) is 6.07 Å². The molecule has 0 saturated heterocycles. The zero-order valence-corrected chi connectivity index (χ0v) is 20.0. The number of benzene rings is 2. The van der Waals surface area contributed by atoms with E-state index in [4.69, 9.17) is 0 Å². The van der Waals surface area contributed by atoms with Crippen molar-refractivity contribution in [2.24, 2.45) is 0 Å². The number of anilines is 4. The quantitative estimate of drug-likeness (QED) is 0.472. The van der Waals surface area contributed by atoms with Gasteiger partial charge in [-0.1, -0.05) is 13.0 Å². The number of aliphatic hydroxyl groups is 1. The highest BCUT2D eigenvalue weighted by Gasteiger charge is 2.36. The van der Waals surface area contributed by atoms with E-state index in [1.807, 2.05) is 13.0 Å². The Morgan fingerprint density at radius 3 is 2.79 bits per heavy atom. The highest BCUT2D eigenvalue weighted by molar-refractivity contribution is 7.92. The number of rotatable bonds is 7. The Morgan fingerprint density at radius 1 is 1.29 bits per heavy atom. The standard InChI is InChI=1S/C24H26N6O3S/c1-4-34(32,33)30(3)19-7-5-6-18(12-19)28-23-26-9-8-21(29-23)16-10-17(13-25)22-20(11-16)24(2,15-31)14-27-22/h5-12,27,31H,4,14-15H2,1-3H3,(H,26,28,29). The summed E-state index contributed by atoms with van der Waals surface area (Å²) in [6.45, 7) is 4.05. The molecule has 0 amide bonds. The van der Waals surface area contributed by atoms with Crippen molar-refractivity contribution in [2.75, 3.05) is 40.9 Å². The summed E-state index contributed by atoms with van der Waals surface area (Å²) >= 11 is 0. The number of aliphatic hydroxyl groups excluding tert-OH is 1. The summed E-state index contributed by atoms with van der Waals surface area (Å²) < 4.78 is 25.7. The van der Waals surface area contributed by atoms with Crippen LogP contribution in [0.1, 0.15) is 25.0 Å². The van der Waals surface area contributed by atoms with Crippen LogP contribution in [0.5, 0.6) is 0 Å². The topological polar surface area (TPSA) is 131 Å². The van der Waals surface area contributed by atoms with Gasteiger partial charge < -0.3 is 15.7 Å². The number of nitrogens with one attached hydrogen (secondary N) is 2. The van der Waals surface area contributed by atoms with Gasteiger partial charge in [0.15, 0.2) is 0 Å². The molecule has 2 heterocycles. The summed E-state index contributed by atoms with van der Waals surface area (Å²) in [6.07, 6.45) is 1.62. The minimum absolute atomic E-state index is 0.00260. The van der Waals surface area contributed by atoms with Crippen LogP contribution in [0.3, 0.4) is 0 Å². The molecule has 3 aromatic rings. The van der Waals surface area contributed by atoms with Crippen molar-refractivity contribution in [1.29, 1.82) is 5.26 Å². The highest BCUT2D eigenvalue weighted by atomic mass is 32.2. The molecule has 0 aliphatic carbocycles. The molecule has 10 heteroatoms. The van der Waals surface area contributed by atoms with Crippen molar-refractivity contribution in [3.05, 3.63) is 59.8 Å². The van der Waals surface area contributed by atoms with Crippen molar-refractivity contribution < 1.29 is 13.5 Å². The van der Waals surface area contributed by atoms with Crippen LogP contribution >= 0.6 is 0 Å². The molecule has 0 radical (unpaired) electrons. The minimum Gasteiger partial charge on any atom is -0.395 e. The van der Waals surface area contributed by atoms with E-state index >= 15 is 0 Å². The Kier molecular flexibility index (Phi) is 6.17. The summed E-state index contributed by atoms with van der Waals surface area (Å²) in [5.74, 6) is 0.334. The third-order valence-electron chi connectivity index (χ3n) is 6.11. The van der Waals surface area contributed by atoms with E-state index in [2.05, 4.69) is 26.7 Å². The van der Waals surface area contributed by atoms with E-state index < -0.39 is 15.4 Å². The fourth-order valence-electron chi connectivity index (χ4n) is 3.91. The lowest BCUT2D eigenvalue weighted by atomic mass is 9.83. The SMILES string of the molecule is CCS(=O)(=O)N(C)c1cccc(Nc2nccc(-c3cc(C#N)c4c(c3)C(C)(CO)CN4)n2)c1. The lowest BCUT2D eigenvalue weighted by Gasteiger charge is -2.21. The van der Waals surface area contributed by atoms with Gasteiger partial charge in [-0.2, -0.15) is 5.26 Å². The number of nitriles is 1. The molecule has 176 valence electrons. The number of aromatic nitrogens is 2. The number of hydrogen-bond donors (Lipinski definition) is 3. The van der Waals surface area contributed by atoms with E-state index in [1.54, 1.807) is 49.5 Å². The molecule has 1 aliphatic heterocycles. The molecule has 1 atom stereocenters. The van der Waals surface area contributed by atoms with Crippen LogP contribution < -0.4 is 14.9 Å². The van der Waals surface area contributed by atoms with Gasteiger partial charge in [0.25, 0.3) is 0 Å². The summed E-state index contributed by atoms with van der Waals surface area (Å²) in [5.41, 5.74) is 4.15. The molecule has 0 bridgehead atoms. The molecule has 0 spiro atoms. The monoisotopic (exact) mass is 478 g/mol. The van der Waals surface area contributed by atoms with Crippen molar-refractivity contribution in [2.45, 2.75) is 19.3 Å². The number of fused-ring (bicyclic) bond motifs is 1. The molecule has 1 aromatic heterocycles. The summed E-state index contributed by atoms with van der Waals surface area (Å²) in [4.78, 5) is 8.89. The molecule has 4 rings (SSSR count). The van der Waals surface area contributed by atoms with E-state index in [0.29, 0.717) is 35.1 Å². The maximum atomic E-state index is 12.2. The van der Waals surface area contributed by atoms with Crippen LogP contribution in [0.4, 0.5) is 23.0 Å². The van der Waals surface area contributed by atoms with Gasteiger partial charge in [-0.15, -0.1) is 0 Å². The Morgan fingerprint density at radius 2 is 2.09 bits per heavy atom.